The number of pyridine rings is 1. The number of sulfonamides is 1. The minimum Gasteiger partial charge on any atom is -0.481 e. The molecule has 0 bridgehead atoms. The molecule has 1 atom stereocenters. The van der Waals surface area contributed by atoms with Gasteiger partial charge in [-0.2, -0.15) is 4.31 Å². The number of aliphatic carboxylic acids is 1. The molecule has 27 heavy (non-hydrogen) atoms. The predicted molar refractivity (Wildman–Crippen MR) is 98.4 cm³/mol. The highest BCUT2D eigenvalue weighted by molar-refractivity contribution is 7.89. The maximum atomic E-state index is 12.5. The van der Waals surface area contributed by atoms with Crippen LogP contribution in [0, 0.1) is 6.92 Å². The van der Waals surface area contributed by atoms with Crippen LogP contribution in [-0.2, 0) is 19.6 Å². The Labute approximate surface area is 157 Å². The van der Waals surface area contributed by atoms with E-state index in [2.05, 4.69) is 10.3 Å². The summed E-state index contributed by atoms with van der Waals surface area (Å²) >= 11 is 0. The molecule has 2 rings (SSSR count). The number of hydrogen-bond acceptors (Lipinski definition) is 5. The quantitative estimate of drug-likeness (QED) is 0.701. The average Bonchev–Trinajstić information content (AvgIpc) is 2.61. The van der Waals surface area contributed by atoms with Crippen molar-refractivity contribution in [2.24, 2.45) is 0 Å². The van der Waals surface area contributed by atoms with Crippen molar-refractivity contribution in [3.05, 3.63) is 59.9 Å². The van der Waals surface area contributed by atoms with Gasteiger partial charge in [-0.05, 0) is 30.2 Å². The number of carboxylic acid groups (broad SMARTS) is 1. The van der Waals surface area contributed by atoms with E-state index in [9.17, 15) is 18.0 Å². The lowest BCUT2D eigenvalue weighted by molar-refractivity contribution is -0.137. The minimum atomic E-state index is -3.87. The van der Waals surface area contributed by atoms with Crippen LogP contribution in [0.15, 0.2) is 53.7 Å². The Hall–Kier alpha value is -2.78. The lowest BCUT2D eigenvalue weighted by Crippen LogP contribution is -2.40. The molecule has 8 nitrogen and oxygen atoms in total. The van der Waals surface area contributed by atoms with E-state index in [4.69, 9.17) is 5.11 Å². The smallest absolute Gasteiger partial charge is 0.305 e. The molecular formula is C18H21N3O5S. The number of likely N-dealkylation sites (N-methyl/N-ethyl adjacent to an activating group) is 1. The number of carboxylic acids is 1. The molecule has 1 unspecified atom stereocenters. The molecule has 1 amide bonds. The fourth-order valence-electron chi connectivity index (χ4n) is 2.60. The first-order valence-corrected chi connectivity index (χ1v) is 9.59. The summed E-state index contributed by atoms with van der Waals surface area (Å²) in [4.78, 5) is 27.3. The van der Waals surface area contributed by atoms with Crippen molar-refractivity contribution in [1.29, 1.82) is 0 Å². The Morgan fingerprint density at radius 3 is 2.52 bits per heavy atom. The number of carbonyl (C=O) groups is 2. The van der Waals surface area contributed by atoms with Crippen molar-refractivity contribution in [1.82, 2.24) is 14.6 Å². The van der Waals surface area contributed by atoms with E-state index in [1.807, 2.05) is 19.1 Å². The van der Waals surface area contributed by atoms with Gasteiger partial charge in [0.25, 0.3) is 0 Å². The number of amides is 1. The van der Waals surface area contributed by atoms with Gasteiger partial charge in [-0.1, -0.05) is 24.3 Å². The lowest BCUT2D eigenvalue weighted by atomic mass is 9.99. The van der Waals surface area contributed by atoms with Gasteiger partial charge in [-0.3, -0.25) is 14.6 Å². The zero-order valence-corrected chi connectivity index (χ0v) is 15.8. The summed E-state index contributed by atoms with van der Waals surface area (Å²) < 4.78 is 25.8. The first-order chi connectivity index (χ1) is 12.7. The van der Waals surface area contributed by atoms with Crippen LogP contribution in [0.25, 0.3) is 0 Å². The summed E-state index contributed by atoms with van der Waals surface area (Å²) in [5, 5.41) is 11.8. The zero-order chi connectivity index (χ0) is 20.0. The van der Waals surface area contributed by atoms with E-state index < -0.39 is 34.5 Å². The van der Waals surface area contributed by atoms with Crippen molar-refractivity contribution in [3.8, 4) is 0 Å². The molecule has 0 aliphatic carbocycles. The van der Waals surface area contributed by atoms with Crippen LogP contribution in [0.1, 0.15) is 23.6 Å². The fourth-order valence-corrected chi connectivity index (χ4v) is 3.69. The number of aryl methyl sites for hydroxylation is 1. The number of benzene rings is 1. The SMILES string of the molecule is Cc1ccccc1C(CC(=O)O)NC(=O)CN(C)S(=O)(=O)c1cccnc1. The van der Waals surface area contributed by atoms with Crippen molar-refractivity contribution >= 4 is 21.9 Å². The monoisotopic (exact) mass is 391 g/mol. The third-order valence-electron chi connectivity index (χ3n) is 3.99. The van der Waals surface area contributed by atoms with Gasteiger partial charge in [0.2, 0.25) is 15.9 Å². The molecule has 1 aromatic carbocycles. The molecule has 2 aromatic rings. The molecular weight excluding hydrogens is 370 g/mol. The predicted octanol–water partition coefficient (Wildman–Crippen LogP) is 1.34. The van der Waals surface area contributed by atoms with Gasteiger partial charge in [-0.25, -0.2) is 8.42 Å². The van der Waals surface area contributed by atoms with Crippen LogP contribution >= 0.6 is 0 Å². The van der Waals surface area contributed by atoms with Gasteiger partial charge in [0.15, 0.2) is 0 Å². The highest BCUT2D eigenvalue weighted by Gasteiger charge is 2.25. The largest absolute Gasteiger partial charge is 0.481 e. The van der Waals surface area contributed by atoms with E-state index in [-0.39, 0.29) is 11.3 Å². The van der Waals surface area contributed by atoms with Gasteiger partial charge >= 0.3 is 5.97 Å². The lowest BCUT2D eigenvalue weighted by Gasteiger charge is -2.22. The highest BCUT2D eigenvalue weighted by atomic mass is 32.2. The molecule has 9 heteroatoms. The van der Waals surface area contributed by atoms with E-state index in [1.165, 1.54) is 31.6 Å². The van der Waals surface area contributed by atoms with Crippen LogP contribution in [0.2, 0.25) is 0 Å². The molecule has 0 saturated heterocycles. The van der Waals surface area contributed by atoms with Crippen LogP contribution in [0.3, 0.4) is 0 Å². The molecule has 0 spiro atoms. The number of nitrogens with zero attached hydrogens (tertiary/aromatic N) is 2. The average molecular weight is 391 g/mol. The number of aromatic nitrogens is 1. The molecule has 0 aliphatic heterocycles. The Morgan fingerprint density at radius 1 is 1.22 bits per heavy atom. The summed E-state index contributed by atoms with van der Waals surface area (Å²) in [6, 6.07) is 9.23. The van der Waals surface area contributed by atoms with Crippen LogP contribution in [0.5, 0.6) is 0 Å². The second-order valence-corrected chi connectivity index (χ2v) is 8.07. The number of carbonyl (C=O) groups excluding carboxylic acids is 1. The fraction of sp³-hybridized carbons (Fsp3) is 0.278. The summed E-state index contributed by atoms with van der Waals surface area (Å²) in [6.45, 7) is 1.37. The second kappa shape index (κ2) is 8.74. The molecule has 0 fully saturated rings. The summed E-state index contributed by atoms with van der Waals surface area (Å²) in [5.74, 6) is -1.67. The van der Waals surface area contributed by atoms with Crippen LogP contribution < -0.4 is 5.32 Å². The summed E-state index contributed by atoms with van der Waals surface area (Å²) in [7, 11) is -2.59. The molecule has 0 saturated carbocycles. The molecule has 144 valence electrons. The number of rotatable bonds is 8. The van der Waals surface area contributed by atoms with Gasteiger partial charge in [0.05, 0.1) is 19.0 Å². The van der Waals surface area contributed by atoms with E-state index in [0.29, 0.717) is 5.56 Å². The number of nitrogens with one attached hydrogen (secondary N) is 1. The maximum absolute atomic E-state index is 12.5. The second-order valence-electron chi connectivity index (χ2n) is 6.02. The third-order valence-corrected chi connectivity index (χ3v) is 5.77. The molecule has 0 radical (unpaired) electrons. The van der Waals surface area contributed by atoms with Crippen molar-refractivity contribution < 1.29 is 23.1 Å². The Morgan fingerprint density at radius 2 is 1.93 bits per heavy atom. The van der Waals surface area contributed by atoms with Gasteiger partial charge in [-0.15, -0.1) is 0 Å². The molecule has 1 aromatic heterocycles. The van der Waals surface area contributed by atoms with E-state index >= 15 is 0 Å². The summed E-state index contributed by atoms with van der Waals surface area (Å²) in [5.41, 5.74) is 1.51. The number of hydrogen-bond donors (Lipinski definition) is 2. The molecule has 0 aliphatic rings. The van der Waals surface area contributed by atoms with Crippen molar-refractivity contribution in [3.63, 3.8) is 0 Å². The normalized spacial score (nSPS) is 12.6. The van der Waals surface area contributed by atoms with Crippen molar-refractivity contribution in [2.45, 2.75) is 24.3 Å². The Balaban J connectivity index is 2.14. The zero-order valence-electron chi connectivity index (χ0n) is 15.0. The Bertz CT molecular complexity index is 916. The van der Waals surface area contributed by atoms with E-state index in [0.717, 1.165) is 9.87 Å². The van der Waals surface area contributed by atoms with Crippen LogP contribution in [-0.4, -0.2) is 48.3 Å². The van der Waals surface area contributed by atoms with Crippen LogP contribution in [0.4, 0.5) is 0 Å². The van der Waals surface area contributed by atoms with Gasteiger partial charge in [0.1, 0.15) is 4.90 Å². The Kier molecular flexibility index (Phi) is 6.65. The van der Waals surface area contributed by atoms with E-state index in [1.54, 1.807) is 12.1 Å². The van der Waals surface area contributed by atoms with Gasteiger partial charge < -0.3 is 10.4 Å². The van der Waals surface area contributed by atoms with Gasteiger partial charge in [0, 0.05) is 19.4 Å². The molecule has 1 heterocycles. The minimum absolute atomic E-state index is 0.0266. The summed E-state index contributed by atoms with van der Waals surface area (Å²) in [6.07, 6.45) is 2.34. The van der Waals surface area contributed by atoms with Crippen molar-refractivity contribution in [2.75, 3.05) is 13.6 Å². The highest BCUT2D eigenvalue weighted by Crippen LogP contribution is 2.21. The topological polar surface area (TPSA) is 117 Å². The third kappa shape index (κ3) is 5.35. The first kappa shape index (κ1) is 20.5. The first-order valence-electron chi connectivity index (χ1n) is 8.15. The molecule has 2 N–H and O–H groups in total. The standard InChI is InChI=1S/C18H21N3O5S/c1-13-6-3-4-8-15(13)16(10-18(23)24)20-17(22)12-21(2)27(25,26)14-7-5-9-19-11-14/h3-9,11,16H,10,12H2,1-2H3,(H,20,22)(H,23,24). The maximum Gasteiger partial charge on any atom is 0.305 e.